The first kappa shape index (κ1) is 19.8. The second kappa shape index (κ2) is 14.5. The zero-order valence-electron chi connectivity index (χ0n) is 13.5. The maximum Gasteiger partial charge on any atom is 0.0120 e. The molecular formula is C17H32S. The Morgan fingerprint density at radius 2 is 1.67 bits per heavy atom. The van der Waals surface area contributed by atoms with Gasteiger partial charge in [-0.1, -0.05) is 66.5 Å². The van der Waals surface area contributed by atoms with Crippen LogP contribution in [0.4, 0.5) is 0 Å². The molecule has 0 radical (unpaired) electrons. The quantitative estimate of drug-likeness (QED) is 0.546. The lowest BCUT2D eigenvalue weighted by Crippen LogP contribution is -1.82. The summed E-state index contributed by atoms with van der Waals surface area (Å²) < 4.78 is 0. The summed E-state index contributed by atoms with van der Waals surface area (Å²) >= 11 is 1.91. The first-order valence-corrected chi connectivity index (χ1v) is 8.41. The van der Waals surface area contributed by atoms with Crippen molar-refractivity contribution in [3.05, 3.63) is 27.5 Å². The number of hydrogen-bond acceptors (Lipinski definition) is 1. The Hall–Kier alpha value is -0.560. The number of aryl methyl sites for hydroxylation is 2. The van der Waals surface area contributed by atoms with Gasteiger partial charge in [0.15, 0.2) is 0 Å². The predicted molar refractivity (Wildman–Crippen MR) is 89.7 cm³/mol. The van der Waals surface area contributed by atoms with Crippen molar-refractivity contribution >= 4 is 17.4 Å². The minimum Gasteiger partial charge on any atom is -0.148 e. The number of rotatable bonds is 5. The fourth-order valence-electron chi connectivity index (χ4n) is 1.52. The molecule has 0 amide bonds. The molecule has 1 heterocycles. The van der Waals surface area contributed by atoms with Crippen LogP contribution in [0.25, 0.3) is 6.08 Å². The van der Waals surface area contributed by atoms with Crippen molar-refractivity contribution in [1.82, 2.24) is 0 Å². The molecule has 0 bridgehead atoms. The van der Waals surface area contributed by atoms with Crippen molar-refractivity contribution < 1.29 is 0 Å². The van der Waals surface area contributed by atoms with Crippen LogP contribution in [0.2, 0.25) is 0 Å². The van der Waals surface area contributed by atoms with Crippen LogP contribution in [0.15, 0.2) is 11.5 Å². The first-order chi connectivity index (χ1) is 8.79. The topological polar surface area (TPSA) is 0 Å². The third kappa shape index (κ3) is 7.71. The molecule has 1 heteroatoms. The largest absolute Gasteiger partial charge is 0.148 e. The smallest absolute Gasteiger partial charge is 0.0120 e. The number of thiophene rings is 1. The zero-order chi connectivity index (χ0) is 14.4. The molecule has 0 spiro atoms. The number of hydrogen-bond donors (Lipinski definition) is 0. The van der Waals surface area contributed by atoms with E-state index in [9.17, 15) is 0 Å². The van der Waals surface area contributed by atoms with Crippen molar-refractivity contribution in [3.8, 4) is 0 Å². The van der Waals surface area contributed by atoms with Gasteiger partial charge in [-0.15, -0.1) is 11.3 Å². The van der Waals surface area contributed by atoms with Gasteiger partial charge in [-0.2, -0.15) is 0 Å². The van der Waals surface area contributed by atoms with E-state index in [1.807, 2.05) is 39.0 Å². The van der Waals surface area contributed by atoms with Crippen molar-refractivity contribution in [3.63, 3.8) is 0 Å². The van der Waals surface area contributed by atoms with Gasteiger partial charge in [0, 0.05) is 4.88 Å². The molecule has 0 saturated heterocycles. The molecule has 0 aliphatic carbocycles. The molecule has 0 aromatic carbocycles. The second-order valence-electron chi connectivity index (χ2n) is 3.70. The molecule has 0 atom stereocenters. The third-order valence-corrected chi connectivity index (χ3v) is 3.50. The van der Waals surface area contributed by atoms with E-state index < -0.39 is 0 Å². The van der Waals surface area contributed by atoms with E-state index in [0.29, 0.717) is 0 Å². The normalized spacial score (nSPS) is 9.50. The fraction of sp³-hybridized carbons (Fsp3) is 0.647. The summed E-state index contributed by atoms with van der Waals surface area (Å²) in [5.74, 6) is 0. The first-order valence-electron chi connectivity index (χ1n) is 7.53. The summed E-state index contributed by atoms with van der Waals surface area (Å²) in [5, 5.41) is 2.27. The summed E-state index contributed by atoms with van der Waals surface area (Å²) in [6.45, 7) is 14.7. The van der Waals surface area contributed by atoms with Gasteiger partial charge in [-0.3, -0.25) is 0 Å². The van der Waals surface area contributed by atoms with Crippen LogP contribution in [-0.2, 0) is 6.42 Å². The lowest BCUT2D eigenvalue weighted by atomic mass is 10.1. The Bertz CT molecular complexity index is 295. The molecule has 0 aliphatic rings. The van der Waals surface area contributed by atoms with E-state index in [0.717, 1.165) is 0 Å². The number of unbranched alkanes of at least 4 members (excludes halogenated alkanes) is 1. The molecule has 1 rings (SSSR count). The third-order valence-electron chi connectivity index (χ3n) is 2.32. The molecule has 0 N–H and O–H groups in total. The lowest BCUT2D eigenvalue weighted by molar-refractivity contribution is 0.936. The SMILES string of the molecule is CC.CC.CCC/C=C\c1c(C)csc1CCC. The van der Waals surface area contributed by atoms with Gasteiger partial charge >= 0.3 is 0 Å². The van der Waals surface area contributed by atoms with Crippen LogP contribution in [0.5, 0.6) is 0 Å². The summed E-state index contributed by atoms with van der Waals surface area (Å²) in [6.07, 6.45) is 9.51. The minimum atomic E-state index is 1.20. The summed E-state index contributed by atoms with van der Waals surface area (Å²) in [6, 6.07) is 0. The predicted octanol–water partition coefficient (Wildman–Crippen LogP) is 6.87. The average Bonchev–Trinajstić information content (AvgIpc) is 2.77. The van der Waals surface area contributed by atoms with Crippen LogP contribution in [0.3, 0.4) is 0 Å². The van der Waals surface area contributed by atoms with Crippen LogP contribution >= 0.6 is 11.3 Å². The van der Waals surface area contributed by atoms with E-state index >= 15 is 0 Å². The van der Waals surface area contributed by atoms with Crippen LogP contribution in [0, 0.1) is 6.92 Å². The molecule has 106 valence electrons. The maximum atomic E-state index is 2.31. The number of allylic oxidation sites excluding steroid dienone is 1. The van der Waals surface area contributed by atoms with E-state index in [-0.39, 0.29) is 0 Å². The Kier molecular flexibility index (Phi) is 15.9. The Labute approximate surface area is 119 Å². The van der Waals surface area contributed by atoms with E-state index in [2.05, 4.69) is 38.3 Å². The van der Waals surface area contributed by atoms with Gasteiger partial charge in [0.2, 0.25) is 0 Å². The van der Waals surface area contributed by atoms with E-state index in [1.54, 1.807) is 4.88 Å². The van der Waals surface area contributed by atoms with Crippen molar-refractivity contribution in [1.29, 1.82) is 0 Å². The minimum absolute atomic E-state index is 1.20. The van der Waals surface area contributed by atoms with Gasteiger partial charge in [0.1, 0.15) is 0 Å². The molecule has 0 unspecified atom stereocenters. The van der Waals surface area contributed by atoms with Crippen LogP contribution in [0.1, 0.15) is 76.8 Å². The van der Waals surface area contributed by atoms with Gasteiger partial charge < -0.3 is 0 Å². The van der Waals surface area contributed by atoms with Gasteiger partial charge in [-0.25, -0.2) is 0 Å². The van der Waals surface area contributed by atoms with Crippen molar-refractivity contribution in [2.24, 2.45) is 0 Å². The summed E-state index contributed by atoms with van der Waals surface area (Å²) in [5.41, 5.74) is 2.91. The summed E-state index contributed by atoms with van der Waals surface area (Å²) in [7, 11) is 0. The Morgan fingerprint density at radius 1 is 1.06 bits per heavy atom. The molecule has 0 aliphatic heterocycles. The highest BCUT2D eigenvalue weighted by Gasteiger charge is 2.03. The molecular weight excluding hydrogens is 236 g/mol. The monoisotopic (exact) mass is 268 g/mol. The molecule has 0 saturated carbocycles. The van der Waals surface area contributed by atoms with Crippen molar-refractivity contribution in [2.75, 3.05) is 0 Å². The van der Waals surface area contributed by atoms with Gasteiger partial charge in [-0.05, 0) is 36.3 Å². The molecule has 1 aromatic heterocycles. The van der Waals surface area contributed by atoms with Gasteiger partial charge in [0.25, 0.3) is 0 Å². The zero-order valence-corrected chi connectivity index (χ0v) is 14.3. The Morgan fingerprint density at radius 3 is 2.17 bits per heavy atom. The molecule has 1 aromatic rings. The van der Waals surface area contributed by atoms with Gasteiger partial charge in [0.05, 0.1) is 0 Å². The summed E-state index contributed by atoms with van der Waals surface area (Å²) in [4.78, 5) is 1.55. The van der Waals surface area contributed by atoms with E-state index in [4.69, 9.17) is 0 Å². The highest BCUT2D eigenvalue weighted by molar-refractivity contribution is 7.10. The highest BCUT2D eigenvalue weighted by Crippen LogP contribution is 2.24. The fourth-order valence-corrected chi connectivity index (χ4v) is 2.64. The maximum absolute atomic E-state index is 2.31. The van der Waals surface area contributed by atoms with Crippen molar-refractivity contribution in [2.45, 2.75) is 74.1 Å². The standard InChI is InChI=1S/C13H20S.2C2H6/c1-4-6-7-9-12-11(3)10-14-13(12)8-5-2;2*1-2/h7,9-10H,4-6,8H2,1-3H3;2*1-2H3/b9-7-;;. The lowest BCUT2D eigenvalue weighted by Gasteiger charge is -1.98. The highest BCUT2D eigenvalue weighted by atomic mass is 32.1. The van der Waals surface area contributed by atoms with Crippen LogP contribution < -0.4 is 0 Å². The second-order valence-corrected chi connectivity index (χ2v) is 4.66. The Balaban J connectivity index is 0. The van der Waals surface area contributed by atoms with Crippen LogP contribution in [-0.4, -0.2) is 0 Å². The van der Waals surface area contributed by atoms with E-state index in [1.165, 1.54) is 36.8 Å². The molecule has 18 heavy (non-hydrogen) atoms. The average molecular weight is 269 g/mol. The molecule has 0 nitrogen and oxygen atoms in total. The molecule has 0 fully saturated rings.